The number of hydrogen-bond acceptors (Lipinski definition) is 4. The Morgan fingerprint density at radius 3 is 2.96 bits per heavy atom. The van der Waals surface area contributed by atoms with Crippen molar-refractivity contribution in [2.24, 2.45) is 0 Å². The summed E-state index contributed by atoms with van der Waals surface area (Å²) in [4.78, 5) is 27.4. The molecular formula is C18H24N4O3. The van der Waals surface area contributed by atoms with Crippen molar-refractivity contribution < 1.29 is 9.21 Å². The molecule has 0 radical (unpaired) electrons. The summed E-state index contributed by atoms with van der Waals surface area (Å²) in [6.45, 7) is 2.68. The molecule has 0 unspecified atom stereocenters. The van der Waals surface area contributed by atoms with Gasteiger partial charge in [0.25, 0.3) is 0 Å². The number of hydrogen-bond donors (Lipinski definition) is 0. The van der Waals surface area contributed by atoms with E-state index in [0.29, 0.717) is 6.54 Å². The van der Waals surface area contributed by atoms with E-state index in [1.54, 1.807) is 10.8 Å². The maximum Gasteiger partial charge on any atom is 0.346 e. The number of furan rings is 1. The molecular weight excluding hydrogens is 320 g/mol. The summed E-state index contributed by atoms with van der Waals surface area (Å²) >= 11 is 0. The van der Waals surface area contributed by atoms with Gasteiger partial charge < -0.3 is 9.32 Å². The molecule has 3 heterocycles. The monoisotopic (exact) mass is 344 g/mol. The molecule has 1 aliphatic heterocycles. The number of carbonyl (C=O) groups is 1. The molecule has 7 nitrogen and oxygen atoms in total. The van der Waals surface area contributed by atoms with Gasteiger partial charge in [-0.2, -0.15) is 5.10 Å². The SMILES string of the molecule is C[C@@H](c1ccco1)N(C(=O)Cn1nc2n(c1=O)CCCCC2)C1CC1. The summed E-state index contributed by atoms with van der Waals surface area (Å²) < 4.78 is 8.55. The van der Waals surface area contributed by atoms with Crippen molar-refractivity contribution in [3.05, 3.63) is 40.5 Å². The lowest BCUT2D eigenvalue weighted by atomic mass is 10.2. The normalized spacial score (nSPS) is 18.4. The van der Waals surface area contributed by atoms with Crippen LogP contribution < -0.4 is 5.69 Å². The number of rotatable bonds is 5. The molecule has 4 rings (SSSR count). The number of nitrogens with zero attached hydrogens (tertiary/aromatic N) is 4. The van der Waals surface area contributed by atoms with Crippen LogP contribution in [0.3, 0.4) is 0 Å². The minimum atomic E-state index is -0.161. The quantitative estimate of drug-likeness (QED) is 0.833. The largest absolute Gasteiger partial charge is 0.467 e. The fourth-order valence-corrected chi connectivity index (χ4v) is 3.69. The molecule has 1 fully saturated rings. The van der Waals surface area contributed by atoms with E-state index in [1.807, 2.05) is 24.0 Å². The van der Waals surface area contributed by atoms with Crippen molar-refractivity contribution in [3.8, 4) is 0 Å². The molecule has 1 atom stereocenters. The van der Waals surface area contributed by atoms with Crippen LogP contribution >= 0.6 is 0 Å². The number of amides is 1. The number of fused-ring (bicyclic) bond motifs is 1. The Labute approximate surface area is 146 Å². The second-order valence-electron chi connectivity index (χ2n) is 7.04. The Morgan fingerprint density at radius 1 is 1.40 bits per heavy atom. The zero-order valence-corrected chi connectivity index (χ0v) is 14.6. The van der Waals surface area contributed by atoms with E-state index in [1.165, 1.54) is 4.68 Å². The predicted octanol–water partition coefficient (Wildman–Crippen LogP) is 2.12. The van der Waals surface area contributed by atoms with Crippen LogP contribution in [0.5, 0.6) is 0 Å². The zero-order valence-electron chi connectivity index (χ0n) is 14.6. The summed E-state index contributed by atoms with van der Waals surface area (Å²) in [5.41, 5.74) is -0.161. The molecule has 134 valence electrons. The minimum absolute atomic E-state index is 0.000379. The fourth-order valence-electron chi connectivity index (χ4n) is 3.69. The third-order valence-electron chi connectivity index (χ3n) is 5.17. The molecule has 0 aromatic carbocycles. The lowest BCUT2D eigenvalue weighted by molar-refractivity contribution is -0.135. The molecule has 25 heavy (non-hydrogen) atoms. The molecule has 0 spiro atoms. The van der Waals surface area contributed by atoms with E-state index in [4.69, 9.17) is 4.42 Å². The topological polar surface area (TPSA) is 73.3 Å². The first-order valence-electron chi connectivity index (χ1n) is 9.16. The predicted molar refractivity (Wildman–Crippen MR) is 91.0 cm³/mol. The summed E-state index contributed by atoms with van der Waals surface area (Å²) in [5, 5.41) is 4.43. The second-order valence-corrected chi connectivity index (χ2v) is 7.04. The molecule has 1 amide bonds. The maximum absolute atomic E-state index is 12.9. The molecule has 1 aliphatic carbocycles. The van der Waals surface area contributed by atoms with Crippen LogP contribution in [0.15, 0.2) is 27.6 Å². The van der Waals surface area contributed by atoms with Crippen molar-refractivity contribution >= 4 is 5.91 Å². The Balaban J connectivity index is 1.55. The van der Waals surface area contributed by atoms with Crippen molar-refractivity contribution in [2.45, 2.75) is 70.6 Å². The third-order valence-corrected chi connectivity index (χ3v) is 5.17. The summed E-state index contributed by atoms with van der Waals surface area (Å²) in [5.74, 6) is 1.52. The maximum atomic E-state index is 12.9. The van der Waals surface area contributed by atoms with E-state index in [0.717, 1.165) is 50.1 Å². The highest BCUT2D eigenvalue weighted by molar-refractivity contribution is 5.77. The molecule has 7 heteroatoms. The van der Waals surface area contributed by atoms with E-state index in [-0.39, 0.29) is 30.2 Å². The van der Waals surface area contributed by atoms with E-state index in [2.05, 4.69) is 5.10 Å². The number of carbonyl (C=O) groups excluding carboxylic acids is 1. The number of aryl methyl sites for hydroxylation is 1. The van der Waals surface area contributed by atoms with E-state index in [9.17, 15) is 9.59 Å². The highest BCUT2D eigenvalue weighted by Gasteiger charge is 2.37. The van der Waals surface area contributed by atoms with Gasteiger partial charge in [0, 0.05) is 19.0 Å². The first-order valence-corrected chi connectivity index (χ1v) is 9.16. The smallest absolute Gasteiger partial charge is 0.346 e. The van der Waals surface area contributed by atoms with Crippen LogP contribution in [0, 0.1) is 0 Å². The van der Waals surface area contributed by atoms with Gasteiger partial charge in [-0.3, -0.25) is 9.36 Å². The molecule has 0 N–H and O–H groups in total. The van der Waals surface area contributed by atoms with E-state index >= 15 is 0 Å². The Kier molecular flexibility index (Phi) is 4.23. The van der Waals surface area contributed by atoms with Crippen LogP contribution in [0.1, 0.15) is 56.7 Å². The van der Waals surface area contributed by atoms with Crippen molar-refractivity contribution in [3.63, 3.8) is 0 Å². The van der Waals surface area contributed by atoms with Gasteiger partial charge in [0.1, 0.15) is 18.1 Å². The Morgan fingerprint density at radius 2 is 2.24 bits per heavy atom. The van der Waals surface area contributed by atoms with Crippen molar-refractivity contribution in [2.75, 3.05) is 0 Å². The average Bonchev–Trinajstić information content (AvgIpc) is 3.25. The molecule has 1 saturated carbocycles. The molecule has 2 aliphatic rings. The van der Waals surface area contributed by atoms with Gasteiger partial charge in [0.05, 0.1) is 12.3 Å². The van der Waals surface area contributed by atoms with Crippen LogP contribution in [-0.2, 0) is 24.3 Å². The van der Waals surface area contributed by atoms with Gasteiger partial charge in [-0.25, -0.2) is 9.48 Å². The highest BCUT2D eigenvalue weighted by Crippen LogP contribution is 2.34. The summed E-state index contributed by atoms with van der Waals surface area (Å²) in [7, 11) is 0. The van der Waals surface area contributed by atoms with E-state index < -0.39 is 0 Å². The summed E-state index contributed by atoms with van der Waals surface area (Å²) in [6.07, 6.45) is 7.61. The van der Waals surface area contributed by atoms with Crippen LogP contribution in [0.25, 0.3) is 0 Å². The van der Waals surface area contributed by atoms with Crippen molar-refractivity contribution in [1.29, 1.82) is 0 Å². The first kappa shape index (κ1) is 16.2. The Hall–Kier alpha value is -2.31. The van der Waals surface area contributed by atoms with Gasteiger partial charge in [-0.1, -0.05) is 6.42 Å². The second kappa shape index (κ2) is 6.54. The molecule has 2 aromatic heterocycles. The first-order chi connectivity index (χ1) is 12.1. The third kappa shape index (κ3) is 3.15. The lowest BCUT2D eigenvalue weighted by Gasteiger charge is -2.27. The zero-order chi connectivity index (χ0) is 17.4. The van der Waals surface area contributed by atoms with Crippen LogP contribution in [-0.4, -0.2) is 31.2 Å². The number of aromatic nitrogens is 3. The van der Waals surface area contributed by atoms with Crippen molar-refractivity contribution in [1.82, 2.24) is 19.2 Å². The lowest BCUT2D eigenvalue weighted by Crippen LogP contribution is -2.40. The van der Waals surface area contributed by atoms with Gasteiger partial charge in [-0.05, 0) is 44.7 Å². The van der Waals surface area contributed by atoms with Crippen LogP contribution in [0.4, 0.5) is 0 Å². The molecule has 0 saturated heterocycles. The van der Waals surface area contributed by atoms with Gasteiger partial charge in [0.2, 0.25) is 5.91 Å². The Bertz CT molecular complexity index is 801. The molecule has 0 bridgehead atoms. The minimum Gasteiger partial charge on any atom is -0.467 e. The fraction of sp³-hybridized carbons (Fsp3) is 0.611. The standard InChI is InChI=1S/C18H24N4O3/c1-13(15-6-5-11-25-15)22(14-8-9-14)17(23)12-21-18(24)20-10-4-2-3-7-16(20)19-21/h5-6,11,13-14H,2-4,7-10,12H2,1H3/t13-/m0/s1. The van der Waals surface area contributed by atoms with Gasteiger partial charge in [-0.15, -0.1) is 0 Å². The van der Waals surface area contributed by atoms with Gasteiger partial charge >= 0.3 is 5.69 Å². The highest BCUT2D eigenvalue weighted by atomic mass is 16.3. The summed E-state index contributed by atoms with van der Waals surface area (Å²) in [6, 6.07) is 3.83. The van der Waals surface area contributed by atoms with Gasteiger partial charge in [0.15, 0.2) is 0 Å². The molecule has 2 aromatic rings. The van der Waals surface area contributed by atoms with Crippen LogP contribution in [0.2, 0.25) is 0 Å². The average molecular weight is 344 g/mol.